The molecule has 1 aliphatic rings. The minimum atomic E-state index is -5.03. The molecule has 1 heterocycles. The average Bonchev–Trinajstić information content (AvgIpc) is 2.71. The van der Waals surface area contributed by atoms with Gasteiger partial charge in [-0.3, -0.25) is 0 Å². The summed E-state index contributed by atoms with van der Waals surface area (Å²) in [6.45, 7) is 4.87. The van der Waals surface area contributed by atoms with Gasteiger partial charge in [0.25, 0.3) is 0 Å². The van der Waals surface area contributed by atoms with Crippen LogP contribution in [-0.2, 0) is 9.47 Å². The number of carbonyl (C=O) groups is 1. The third-order valence-electron chi connectivity index (χ3n) is 4.90. The highest BCUT2D eigenvalue weighted by Gasteiger charge is 2.37. The predicted molar refractivity (Wildman–Crippen MR) is 104 cm³/mol. The molecule has 0 radical (unpaired) electrons. The van der Waals surface area contributed by atoms with Crippen molar-refractivity contribution in [1.29, 1.82) is 0 Å². The molecule has 0 saturated carbocycles. The number of hydrogen-bond acceptors (Lipinski definition) is 6. The summed E-state index contributed by atoms with van der Waals surface area (Å²) in [7, 11) is 0. The van der Waals surface area contributed by atoms with Crippen molar-refractivity contribution in [2.24, 2.45) is 5.41 Å². The van der Waals surface area contributed by atoms with Gasteiger partial charge in [-0.15, -0.1) is 13.2 Å². The largest absolute Gasteiger partial charge is 0.573 e. The highest BCUT2D eigenvalue weighted by Crippen LogP contribution is 2.31. The quantitative estimate of drug-likeness (QED) is 0.221. The standard InChI is InChI=1S/C22H22F4O6/c1-2-21(13-29-14-21)12-28-9-10-30-16-5-3-15(4-6-16)20(27)31-17-7-8-19(18(23)11-17)32-22(24,25)26/h3-8,11H,2,9-10,12-14H2,1H3. The molecule has 0 N–H and O–H groups in total. The Balaban J connectivity index is 1.45. The highest BCUT2D eigenvalue weighted by atomic mass is 19.4. The lowest BCUT2D eigenvalue weighted by Gasteiger charge is -2.40. The Bertz CT molecular complexity index is 904. The molecule has 10 heteroatoms. The van der Waals surface area contributed by atoms with Gasteiger partial charge in [0.1, 0.15) is 18.1 Å². The molecular weight excluding hydrogens is 436 g/mol. The zero-order valence-electron chi connectivity index (χ0n) is 17.2. The van der Waals surface area contributed by atoms with Crippen molar-refractivity contribution in [2.45, 2.75) is 19.7 Å². The maximum absolute atomic E-state index is 13.7. The summed E-state index contributed by atoms with van der Waals surface area (Å²) in [5.74, 6) is -2.89. The van der Waals surface area contributed by atoms with Crippen molar-refractivity contribution >= 4 is 5.97 Å². The minimum absolute atomic E-state index is 0.108. The van der Waals surface area contributed by atoms with Crippen molar-refractivity contribution in [3.05, 3.63) is 53.8 Å². The summed E-state index contributed by atoms with van der Waals surface area (Å²) >= 11 is 0. The molecule has 0 unspecified atom stereocenters. The summed E-state index contributed by atoms with van der Waals surface area (Å²) in [5, 5.41) is 0. The molecule has 0 amide bonds. The molecule has 6 nitrogen and oxygen atoms in total. The van der Waals surface area contributed by atoms with Crippen LogP contribution in [0.5, 0.6) is 17.2 Å². The summed E-state index contributed by atoms with van der Waals surface area (Å²) in [6.07, 6.45) is -4.04. The smallest absolute Gasteiger partial charge is 0.491 e. The lowest BCUT2D eigenvalue weighted by atomic mass is 9.84. The van der Waals surface area contributed by atoms with E-state index in [2.05, 4.69) is 11.7 Å². The van der Waals surface area contributed by atoms with Crippen molar-refractivity contribution < 1.29 is 46.0 Å². The molecule has 174 valence electrons. The lowest BCUT2D eigenvalue weighted by molar-refractivity contribution is -0.275. The van der Waals surface area contributed by atoms with E-state index in [0.29, 0.717) is 44.9 Å². The fraction of sp³-hybridized carbons (Fsp3) is 0.409. The van der Waals surface area contributed by atoms with Crippen LogP contribution in [-0.4, -0.2) is 45.4 Å². The number of hydrogen-bond donors (Lipinski definition) is 0. The number of halogens is 4. The predicted octanol–water partition coefficient (Wildman–Crippen LogP) is 4.77. The average molecular weight is 458 g/mol. The molecule has 3 rings (SSSR count). The van der Waals surface area contributed by atoms with E-state index in [4.69, 9.17) is 18.9 Å². The van der Waals surface area contributed by atoms with Crippen LogP contribution in [0, 0.1) is 11.2 Å². The number of benzene rings is 2. The van der Waals surface area contributed by atoms with E-state index in [9.17, 15) is 22.4 Å². The second-order valence-corrected chi connectivity index (χ2v) is 7.30. The van der Waals surface area contributed by atoms with Crippen molar-refractivity contribution in [1.82, 2.24) is 0 Å². The third kappa shape index (κ3) is 6.57. The Labute approximate surface area is 182 Å². The van der Waals surface area contributed by atoms with E-state index >= 15 is 0 Å². The topological polar surface area (TPSA) is 63.2 Å². The fourth-order valence-electron chi connectivity index (χ4n) is 2.89. The normalized spacial score (nSPS) is 15.0. The maximum atomic E-state index is 13.7. The van der Waals surface area contributed by atoms with Gasteiger partial charge in [0.05, 0.1) is 32.0 Å². The van der Waals surface area contributed by atoms with E-state index in [1.54, 1.807) is 12.1 Å². The van der Waals surface area contributed by atoms with Gasteiger partial charge in [0, 0.05) is 11.5 Å². The van der Waals surface area contributed by atoms with Crippen LogP contribution < -0.4 is 14.2 Å². The van der Waals surface area contributed by atoms with Crippen LogP contribution in [0.15, 0.2) is 42.5 Å². The van der Waals surface area contributed by atoms with Crippen LogP contribution in [0.25, 0.3) is 0 Å². The maximum Gasteiger partial charge on any atom is 0.573 e. The van der Waals surface area contributed by atoms with Gasteiger partial charge in [-0.1, -0.05) is 6.92 Å². The molecular formula is C22H22F4O6. The summed E-state index contributed by atoms with van der Waals surface area (Å²) in [6, 6.07) is 8.38. The second kappa shape index (κ2) is 10.2. The zero-order chi connectivity index (χ0) is 23.2. The highest BCUT2D eigenvalue weighted by molar-refractivity contribution is 5.91. The molecule has 2 aromatic rings. The van der Waals surface area contributed by atoms with E-state index in [-0.39, 0.29) is 16.7 Å². The molecule has 1 fully saturated rings. The van der Waals surface area contributed by atoms with Gasteiger partial charge in [0.15, 0.2) is 11.6 Å². The first-order chi connectivity index (χ1) is 15.2. The molecule has 0 aromatic heterocycles. The van der Waals surface area contributed by atoms with Gasteiger partial charge in [-0.25, -0.2) is 9.18 Å². The Morgan fingerprint density at radius 2 is 1.75 bits per heavy atom. The molecule has 0 bridgehead atoms. The molecule has 32 heavy (non-hydrogen) atoms. The van der Waals surface area contributed by atoms with Crippen LogP contribution in [0.3, 0.4) is 0 Å². The number of alkyl halides is 3. The molecule has 0 atom stereocenters. The Morgan fingerprint density at radius 3 is 2.31 bits per heavy atom. The summed E-state index contributed by atoms with van der Waals surface area (Å²) in [5.41, 5.74) is 0.260. The first-order valence-electron chi connectivity index (χ1n) is 9.85. The minimum Gasteiger partial charge on any atom is -0.491 e. The van der Waals surface area contributed by atoms with E-state index < -0.39 is 23.9 Å². The number of rotatable bonds is 10. The molecule has 1 aliphatic heterocycles. The van der Waals surface area contributed by atoms with E-state index in [1.807, 2.05) is 0 Å². The Hall–Kier alpha value is -2.85. The number of ether oxygens (including phenoxy) is 5. The zero-order valence-corrected chi connectivity index (χ0v) is 17.2. The summed E-state index contributed by atoms with van der Waals surface area (Å²) in [4.78, 5) is 12.2. The van der Waals surface area contributed by atoms with Crippen LogP contribution in [0.2, 0.25) is 0 Å². The van der Waals surface area contributed by atoms with Crippen LogP contribution in [0.4, 0.5) is 17.6 Å². The molecule has 0 aliphatic carbocycles. The fourth-order valence-corrected chi connectivity index (χ4v) is 2.89. The molecule has 0 spiro atoms. The van der Waals surface area contributed by atoms with Gasteiger partial charge < -0.3 is 23.7 Å². The first kappa shape index (κ1) is 23.8. The van der Waals surface area contributed by atoms with Gasteiger partial charge in [0.2, 0.25) is 0 Å². The first-order valence-corrected chi connectivity index (χ1v) is 9.85. The number of carbonyl (C=O) groups excluding carboxylic acids is 1. The monoisotopic (exact) mass is 458 g/mol. The molecule has 1 saturated heterocycles. The molecule has 2 aromatic carbocycles. The van der Waals surface area contributed by atoms with Crippen molar-refractivity contribution in [3.63, 3.8) is 0 Å². The Kier molecular flexibility index (Phi) is 7.57. The summed E-state index contributed by atoms with van der Waals surface area (Å²) < 4.78 is 75.2. The lowest BCUT2D eigenvalue weighted by Crippen LogP contribution is -2.45. The van der Waals surface area contributed by atoms with Crippen molar-refractivity contribution in [2.75, 3.05) is 33.0 Å². The SMILES string of the molecule is CCC1(COCCOc2ccc(C(=O)Oc3ccc(OC(F)(F)F)c(F)c3)cc2)COC1. The van der Waals surface area contributed by atoms with Gasteiger partial charge in [-0.2, -0.15) is 0 Å². The number of esters is 1. The van der Waals surface area contributed by atoms with Crippen LogP contribution >= 0.6 is 0 Å². The van der Waals surface area contributed by atoms with Gasteiger partial charge >= 0.3 is 12.3 Å². The third-order valence-corrected chi connectivity index (χ3v) is 4.90. The van der Waals surface area contributed by atoms with E-state index in [1.165, 1.54) is 12.1 Å². The van der Waals surface area contributed by atoms with Crippen LogP contribution in [0.1, 0.15) is 23.7 Å². The Morgan fingerprint density at radius 1 is 1.06 bits per heavy atom. The van der Waals surface area contributed by atoms with Crippen molar-refractivity contribution in [3.8, 4) is 17.2 Å². The van der Waals surface area contributed by atoms with E-state index in [0.717, 1.165) is 18.6 Å². The second-order valence-electron chi connectivity index (χ2n) is 7.30. The van der Waals surface area contributed by atoms with Gasteiger partial charge in [-0.05, 0) is 42.8 Å².